The summed E-state index contributed by atoms with van der Waals surface area (Å²) >= 11 is 8.96. The zero-order valence-corrected chi connectivity index (χ0v) is 10.5. The van der Waals surface area contributed by atoms with Gasteiger partial charge >= 0.3 is 0 Å². The summed E-state index contributed by atoms with van der Waals surface area (Å²) < 4.78 is 13.8. The Bertz CT molecular complexity index is 502. The number of hydrogen-bond acceptors (Lipinski definition) is 2. The summed E-state index contributed by atoms with van der Waals surface area (Å²) in [4.78, 5) is 8.26. The molecule has 0 unspecified atom stereocenters. The predicted molar refractivity (Wildman–Crippen MR) is 64.7 cm³/mol. The molecule has 0 radical (unpaired) electrons. The molecule has 2 rings (SSSR count). The van der Waals surface area contributed by atoms with Crippen LogP contribution in [0.15, 0.2) is 35.1 Å². The van der Waals surface area contributed by atoms with Gasteiger partial charge in [0, 0.05) is 28.0 Å². The van der Waals surface area contributed by atoms with Crippen molar-refractivity contribution in [3.63, 3.8) is 0 Å². The highest BCUT2D eigenvalue weighted by atomic mass is 79.9. The van der Waals surface area contributed by atoms with Crippen LogP contribution in [0.2, 0.25) is 0 Å². The topological polar surface area (TPSA) is 25.8 Å². The standard InChI is InChI=1S/C11H7BrClFN2/c12-10-2-1-8(14)3-9(10)11-15-5-7(4-13)6-16-11/h1-3,5-6H,4H2. The molecule has 82 valence electrons. The van der Waals surface area contributed by atoms with Gasteiger partial charge in [-0.2, -0.15) is 0 Å². The van der Waals surface area contributed by atoms with Crippen LogP contribution in [0.25, 0.3) is 11.4 Å². The van der Waals surface area contributed by atoms with Crippen molar-refractivity contribution in [1.29, 1.82) is 0 Å². The van der Waals surface area contributed by atoms with Crippen LogP contribution in [0.5, 0.6) is 0 Å². The van der Waals surface area contributed by atoms with Crippen LogP contribution in [0.3, 0.4) is 0 Å². The Labute approximate surface area is 106 Å². The van der Waals surface area contributed by atoms with Crippen LogP contribution in [0, 0.1) is 5.82 Å². The molecule has 0 bridgehead atoms. The SMILES string of the molecule is Fc1ccc(Br)c(-c2ncc(CCl)cn2)c1. The highest BCUT2D eigenvalue weighted by molar-refractivity contribution is 9.10. The number of alkyl halides is 1. The second-order valence-corrected chi connectivity index (χ2v) is 4.29. The summed E-state index contributed by atoms with van der Waals surface area (Å²) in [5, 5.41) is 0. The van der Waals surface area contributed by atoms with Crippen molar-refractivity contribution in [3.8, 4) is 11.4 Å². The van der Waals surface area contributed by atoms with Crippen molar-refractivity contribution in [2.24, 2.45) is 0 Å². The smallest absolute Gasteiger partial charge is 0.160 e. The van der Waals surface area contributed by atoms with E-state index >= 15 is 0 Å². The maximum absolute atomic E-state index is 13.1. The van der Waals surface area contributed by atoms with Crippen LogP contribution in [0.4, 0.5) is 4.39 Å². The van der Waals surface area contributed by atoms with Crippen LogP contribution >= 0.6 is 27.5 Å². The normalized spacial score (nSPS) is 10.4. The van der Waals surface area contributed by atoms with Gasteiger partial charge in [-0.15, -0.1) is 11.6 Å². The summed E-state index contributed by atoms with van der Waals surface area (Å²) in [7, 11) is 0. The Morgan fingerprint density at radius 2 is 1.94 bits per heavy atom. The average molecular weight is 302 g/mol. The molecule has 2 aromatic rings. The summed E-state index contributed by atoms with van der Waals surface area (Å²) in [6.07, 6.45) is 3.26. The largest absolute Gasteiger partial charge is 0.236 e. The second kappa shape index (κ2) is 4.89. The summed E-state index contributed by atoms with van der Waals surface area (Å²) in [5.41, 5.74) is 1.46. The van der Waals surface area contributed by atoms with Crippen LogP contribution in [-0.4, -0.2) is 9.97 Å². The lowest BCUT2D eigenvalue weighted by molar-refractivity contribution is 0.628. The molecule has 16 heavy (non-hydrogen) atoms. The molecular formula is C11H7BrClFN2. The second-order valence-electron chi connectivity index (χ2n) is 3.17. The fourth-order valence-electron chi connectivity index (χ4n) is 1.23. The first-order chi connectivity index (χ1) is 7.70. The third-order valence-electron chi connectivity index (χ3n) is 2.03. The van der Waals surface area contributed by atoms with E-state index < -0.39 is 0 Å². The van der Waals surface area contributed by atoms with E-state index in [9.17, 15) is 4.39 Å². The van der Waals surface area contributed by atoms with Crippen LogP contribution < -0.4 is 0 Å². The fraction of sp³-hybridized carbons (Fsp3) is 0.0909. The number of halogens is 3. The van der Waals surface area contributed by atoms with Crippen molar-refractivity contribution in [3.05, 3.63) is 46.4 Å². The number of nitrogens with zero attached hydrogens (tertiary/aromatic N) is 2. The highest BCUT2D eigenvalue weighted by Gasteiger charge is 2.07. The number of rotatable bonds is 2. The molecule has 1 heterocycles. The predicted octanol–water partition coefficient (Wildman–Crippen LogP) is 3.78. The Morgan fingerprint density at radius 3 is 2.56 bits per heavy atom. The van der Waals surface area contributed by atoms with Crippen molar-refractivity contribution >= 4 is 27.5 Å². The summed E-state index contributed by atoms with van der Waals surface area (Å²) in [6, 6.07) is 4.39. The van der Waals surface area contributed by atoms with Gasteiger partial charge in [0.2, 0.25) is 0 Å². The number of aromatic nitrogens is 2. The van der Waals surface area contributed by atoms with E-state index in [4.69, 9.17) is 11.6 Å². The molecule has 0 saturated heterocycles. The van der Waals surface area contributed by atoms with Gasteiger partial charge in [0.1, 0.15) is 5.82 Å². The lowest BCUT2D eigenvalue weighted by Gasteiger charge is -2.03. The lowest BCUT2D eigenvalue weighted by Crippen LogP contribution is -1.92. The van der Waals surface area contributed by atoms with E-state index in [1.54, 1.807) is 18.5 Å². The average Bonchev–Trinajstić information content (AvgIpc) is 2.32. The Morgan fingerprint density at radius 1 is 1.25 bits per heavy atom. The molecule has 0 spiro atoms. The molecule has 0 N–H and O–H groups in total. The van der Waals surface area contributed by atoms with E-state index in [2.05, 4.69) is 25.9 Å². The van der Waals surface area contributed by atoms with Crippen molar-refractivity contribution in [2.75, 3.05) is 0 Å². The molecule has 0 amide bonds. The van der Waals surface area contributed by atoms with Gasteiger partial charge in [-0.3, -0.25) is 0 Å². The molecule has 0 aliphatic heterocycles. The molecule has 1 aromatic heterocycles. The quantitative estimate of drug-likeness (QED) is 0.789. The maximum Gasteiger partial charge on any atom is 0.160 e. The zero-order chi connectivity index (χ0) is 11.5. The van der Waals surface area contributed by atoms with Gasteiger partial charge in [0.05, 0.1) is 5.88 Å². The Kier molecular flexibility index (Phi) is 3.51. The fourth-order valence-corrected chi connectivity index (χ4v) is 1.79. The summed E-state index contributed by atoms with van der Waals surface area (Å²) in [6.45, 7) is 0. The molecule has 0 fully saturated rings. The van der Waals surface area contributed by atoms with Crippen LogP contribution in [0.1, 0.15) is 5.56 Å². The Hall–Kier alpha value is -1.00. The third kappa shape index (κ3) is 2.39. The number of benzene rings is 1. The molecule has 0 atom stereocenters. The van der Waals surface area contributed by atoms with Crippen molar-refractivity contribution < 1.29 is 4.39 Å². The van der Waals surface area contributed by atoms with Gasteiger partial charge < -0.3 is 0 Å². The van der Waals surface area contributed by atoms with Crippen molar-refractivity contribution in [1.82, 2.24) is 9.97 Å². The van der Waals surface area contributed by atoms with E-state index in [0.717, 1.165) is 10.0 Å². The van der Waals surface area contributed by atoms with Gasteiger partial charge in [0.15, 0.2) is 5.82 Å². The monoisotopic (exact) mass is 300 g/mol. The molecule has 1 aromatic carbocycles. The first-order valence-electron chi connectivity index (χ1n) is 4.53. The van der Waals surface area contributed by atoms with E-state index in [0.29, 0.717) is 17.3 Å². The van der Waals surface area contributed by atoms with E-state index in [1.165, 1.54) is 12.1 Å². The highest BCUT2D eigenvalue weighted by Crippen LogP contribution is 2.26. The minimum atomic E-state index is -0.316. The van der Waals surface area contributed by atoms with Crippen molar-refractivity contribution in [2.45, 2.75) is 5.88 Å². The van der Waals surface area contributed by atoms with Gasteiger partial charge in [-0.05, 0) is 18.2 Å². The van der Waals surface area contributed by atoms with E-state index in [1.807, 2.05) is 0 Å². The van der Waals surface area contributed by atoms with Crippen LogP contribution in [-0.2, 0) is 5.88 Å². The molecular weight excluding hydrogens is 294 g/mol. The van der Waals surface area contributed by atoms with Gasteiger partial charge in [0.25, 0.3) is 0 Å². The Balaban J connectivity index is 2.45. The molecule has 5 heteroatoms. The molecule has 2 nitrogen and oxygen atoms in total. The van der Waals surface area contributed by atoms with E-state index in [-0.39, 0.29) is 5.82 Å². The third-order valence-corrected chi connectivity index (χ3v) is 3.03. The minimum Gasteiger partial charge on any atom is -0.236 e. The zero-order valence-electron chi connectivity index (χ0n) is 8.12. The lowest BCUT2D eigenvalue weighted by atomic mass is 10.2. The molecule has 0 aliphatic rings. The molecule has 0 aliphatic carbocycles. The summed E-state index contributed by atoms with van der Waals surface area (Å²) in [5.74, 6) is 0.522. The molecule has 0 saturated carbocycles. The van der Waals surface area contributed by atoms with Gasteiger partial charge in [-0.25, -0.2) is 14.4 Å². The first kappa shape index (κ1) is 11.5. The maximum atomic E-state index is 13.1. The van der Waals surface area contributed by atoms with Gasteiger partial charge in [-0.1, -0.05) is 15.9 Å². The first-order valence-corrected chi connectivity index (χ1v) is 5.86. The number of hydrogen-bond donors (Lipinski definition) is 0. The minimum absolute atomic E-state index is 0.316.